The van der Waals surface area contributed by atoms with Gasteiger partial charge in [0, 0.05) is 35.0 Å². The zero-order valence-electron chi connectivity index (χ0n) is 14.2. The second kappa shape index (κ2) is 6.68. The Labute approximate surface area is 153 Å². The fraction of sp³-hybridized carbons (Fsp3) is 0.250. The number of benzene rings is 2. The van der Waals surface area contributed by atoms with Gasteiger partial charge in [0.25, 0.3) is 0 Å². The van der Waals surface area contributed by atoms with Crippen LogP contribution in [0.25, 0.3) is 16.3 Å². The Bertz CT molecular complexity index is 1090. The van der Waals surface area contributed by atoms with E-state index in [1.165, 1.54) is 23.5 Å². The molecular weight excluding hydrogens is 354 g/mol. The first-order valence-electron chi connectivity index (χ1n) is 8.59. The molecule has 26 heavy (non-hydrogen) atoms. The third kappa shape index (κ3) is 2.84. The van der Waals surface area contributed by atoms with E-state index in [4.69, 9.17) is 4.99 Å². The summed E-state index contributed by atoms with van der Waals surface area (Å²) in [6.07, 6.45) is 3.39. The molecule has 0 fully saturated rings. The maximum absolute atomic E-state index is 14.4. The van der Waals surface area contributed by atoms with Crippen molar-refractivity contribution in [1.29, 1.82) is 0 Å². The van der Waals surface area contributed by atoms with Crippen LogP contribution in [0.4, 0.5) is 8.78 Å². The Morgan fingerprint density at radius 3 is 2.85 bits per heavy atom. The van der Waals surface area contributed by atoms with Gasteiger partial charge in [-0.25, -0.2) is 13.8 Å². The zero-order valence-corrected chi connectivity index (χ0v) is 15.1. The molecule has 2 heterocycles. The molecule has 0 saturated carbocycles. The summed E-state index contributed by atoms with van der Waals surface area (Å²) >= 11 is 1.39. The fourth-order valence-electron chi connectivity index (χ4n) is 3.24. The van der Waals surface area contributed by atoms with E-state index in [0.29, 0.717) is 5.56 Å². The molecule has 0 aliphatic carbocycles. The van der Waals surface area contributed by atoms with Crippen molar-refractivity contribution in [3.05, 3.63) is 63.5 Å². The predicted molar refractivity (Wildman–Crippen MR) is 99.4 cm³/mol. The van der Waals surface area contributed by atoms with E-state index in [-0.39, 0.29) is 5.75 Å². The first kappa shape index (κ1) is 17.0. The summed E-state index contributed by atoms with van der Waals surface area (Å²) in [4.78, 5) is 6.76. The van der Waals surface area contributed by atoms with Crippen molar-refractivity contribution < 1.29 is 13.9 Å². The van der Waals surface area contributed by atoms with Gasteiger partial charge in [0.05, 0.1) is 4.70 Å². The monoisotopic (exact) mass is 372 g/mol. The van der Waals surface area contributed by atoms with Gasteiger partial charge in [0.1, 0.15) is 22.1 Å². The number of hydrogen-bond acceptors (Lipinski definition) is 4. The van der Waals surface area contributed by atoms with E-state index >= 15 is 0 Å². The molecule has 1 atom stereocenters. The molecule has 3 nitrogen and oxygen atoms in total. The summed E-state index contributed by atoms with van der Waals surface area (Å²) in [7, 11) is 0. The Balaban J connectivity index is 1.92. The summed E-state index contributed by atoms with van der Waals surface area (Å²) < 4.78 is 29.2. The second-order valence-corrected chi connectivity index (χ2v) is 7.36. The zero-order chi connectivity index (χ0) is 18.3. The number of nitrogens with zero attached hydrogens (tertiary/aromatic N) is 2. The molecule has 1 aromatic heterocycles. The topological polar surface area (TPSA) is 35.8 Å². The van der Waals surface area contributed by atoms with Crippen molar-refractivity contribution in [2.45, 2.75) is 25.9 Å². The number of halogens is 2. The molecule has 1 unspecified atom stereocenters. The van der Waals surface area contributed by atoms with Gasteiger partial charge in [0.2, 0.25) is 0 Å². The van der Waals surface area contributed by atoms with Crippen LogP contribution in [0.3, 0.4) is 0 Å². The van der Waals surface area contributed by atoms with E-state index < -0.39 is 17.8 Å². The highest BCUT2D eigenvalue weighted by Crippen LogP contribution is 2.30. The van der Waals surface area contributed by atoms with Crippen molar-refractivity contribution in [2.75, 3.05) is 6.54 Å². The highest BCUT2D eigenvalue weighted by molar-refractivity contribution is 7.17. The number of phenolic OH excluding ortho intramolecular Hbond substituents is 1. The number of rotatable bonds is 4. The molecule has 0 radical (unpaired) electrons. The summed E-state index contributed by atoms with van der Waals surface area (Å²) in [5.41, 5.74) is 0.353. The molecule has 0 spiro atoms. The maximum atomic E-state index is 14.4. The van der Waals surface area contributed by atoms with Gasteiger partial charge < -0.3 is 10.0 Å². The average Bonchev–Trinajstić information content (AvgIpc) is 2.98. The van der Waals surface area contributed by atoms with Crippen molar-refractivity contribution >= 4 is 27.6 Å². The Hall–Kier alpha value is -2.47. The molecule has 134 valence electrons. The molecule has 1 aliphatic heterocycles. The van der Waals surface area contributed by atoms with Gasteiger partial charge in [-0.2, -0.15) is 0 Å². The van der Waals surface area contributed by atoms with Crippen molar-refractivity contribution in [1.82, 2.24) is 4.90 Å². The lowest BCUT2D eigenvalue weighted by molar-refractivity contribution is 0.295. The van der Waals surface area contributed by atoms with Crippen LogP contribution in [0, 0.1) is 11.6 Å². The molecule has 4 rings (SSSR count). The van der Waals surface area contributed by atoms with E-state index in [9.17, 15) is 13.9 Å². The Kier molecular flexibility index (Phi) is 4.36. The average molecular weight is 372 g/mol. The van der Waals surface area contributed by atoms with Crippen LogP contribution < -0.4 is 9.89 Å². The predicted octanol–water partition coefficient (Wildman–Crippen LogP) is 4.06. The number of phenols is 1. The van der Waals surface area contributed by atoms with Crippen molar-refractivity contribution in [3.8, 4) is 5.75 Å². The standard InChI is InChI=1S/C20H18F2N2OS/c1-2-3-9-24-11-15-13-5-4-6-17(25)18(13)26-20(15)23-19(24)14-8-7-12(21)10-16(14)22/h4-8,10-11,19,25H,2-3,9H2,1H3. The highest BCUT2D eigenvalue weighted by Gasteiger charge is 2.24. The first-order valence-corrected chi connectivity index (χ1v) is 9.41. The Morgan fingerprint density at radius 2 is 2.08 bits per heavy atom. The minimum absolute atomic E-state index is 0.218. The minimum atomic E-state index is -0.598. The SMILES string of the molecule is CCCCN1C=c2c(sc3c(O)cccc23)=NC1c1ccc(F)cc1F. The second-order valence-electron chi connectivity index (χ2n) is 6.36. The minimum Gasteiger partial charge on any atom is -0.506 e. The molecule has 1 N–H and O–H groups in total. The molecule has 0 saturated heterocycles. The molecule has 0 amide bonds. The summed E-state index contributed by atoms with van der Waals surface area (Å²) in [5.74, 6) is -0.977. The lowest BCUT2D eigenvalue weighted by Gasteiger charge is -2.30. The number of hydrogen-bond donors (Lipinski definition) is 1. The molecule has 0 bridgehead atoms. The Morgan fingerprint density at radius 1 is 1.23 bits per heavy atom. The van der Waals surface area contributed by atoms with Crippen LogP contribution in [-0.2, 0) is 0 Å². The van der Waals surface area contributed by atoms with E-state index in [0.717, 1.165) is 45.4 Å². The maximum Gasteiger partial charge on any atom is 0.151 e. The van der Waals surface area contributed by atoms with Gasteiger partial charge in [0.15, 0.2) is 6.17 Å². The van der Waals surface area contributed by atoms with E-state index in [2.05, 4.69) is 6.92 Å². The molecule has 1 aliphatic rings. The lowest BCUT2D eigenvalue weighted by atomic mass is 10.1. The quantitative estimate of drug-likeness (QED) is 0.750. The van der Waals surface area contributed by atoms with E-state index in [1.54, 1.807) is 12.1 Å². The summed E-state index contributed by atoms with van der Waals surface area (Å²) in [5, 5.41) is 12.0. The van der Waals surface area contributed by atoms with Gasteiger partial charge in [-0.15, -0.1) is 11.3 Å². The third-order valence-corrected chi connectivity index (χ3v) is 5.72. The van der Waals surface area contributed by atoms with Gasteiger partial charge in [-0.1, -0.05) is 25.5 Å². The number of unbranched alkanes of at least 4 members (excludes halogenated alkanes) is 1. The molecule has 6 heteroatoms. The van der Waals surface area contributed by atoms with E-state index in [1.807, 2.05) is 17.2 Å². The molecule has 2 aromatic carbocycles. The summed E-state index contributed by atoms with van der Waals surface area (Å²) in [6, 6.07) is 9.03. The van der Waals surface area contributed by atoms with Crippen molar-refractivity contribution in [2.24, 2.45) is 4.99 Å². The number of aromatic hydroxyl groups is 1. The highest BCUT2D eigenvalue weighted by atomic mass is 32.1. The number of thiophene rings is 1. The number of fused-ring (bicyclic) bond motifs is 3. The van der Waals surface area contributed by atoms with Crippen LogP contribution >= 0.6 is 11.3 Å². The summed E-state index contributed by atoms with van der Waals surface area (Å²) in [6.45, 7) is 2.81. The van der Waals surface area contributed by atoms with Crippen LogP contribution in [0.15, 0.2) is 41.4 Å². The third-order valence-electron chi connectivity index (χ3n) is 4.57. The van der Waals surface area contributed by atoms with Crippen molar-refractivity contribution in [3.63, 3.8) is 0 Å². The van der Waals surface area contributed by atoms with Crippen LogP contribution in [-0.4, -0.2) is 16.6 Å². The van der Waals surface area contributed by atoms with Gasteiger partial charge >= 0.3 is 0 Å². The smallest absolute Gasteiger partial charge is 0.151 e. The van der Waals surface area contributed by atoms with Crippen LogP contribution in [0.5, 0.6) is 5.75 Å². The van der Waals surface area contributed by atoms with Gasteiger partial charge in [-0.3, -0.25) is 0 Å². The van der Waals surface area contributed by atoms with Gasteiger partial charge in [-0.05, 0) is 24.6 Å². The largest absolute Gasteiger partial charge is 0.506 e. The van der Waals surface area contributed by atoms with Crippen LogP contribution in [0.1, 0.15) is 31.5 Å². The molecule has 3 aromatic rings. The lowest BCUT2D eigenvalue weighted by Crippen LogP contribution is -2.36. The first-order chi connectivity index (χ1) is 12.6. The normalized spacial score (nSPS) is 16.3. The van der Waals surface area contributed by atoms with Crippen LogP contribution in [0.2, 0.25) is 0 Å². The fourth-order valence-corrected chi connectivity index (χ4v) is 4.32. The molecular formula is C20H18F2N2OS.